The van der Waals surface area contributed by atoms with E-state index in [1.165, 1.54) is 35.5 Å². The molecule has 4 atom stereocenters. The number of nitro groups is 1. The van der Waals surface area contributed by atoms with Crippen LogP contribution in [0.25, 0.3) is 0 Å². The Morgan fingerprint density at radius 3 is 2.76 bits per heavy atom. The zero-order valence-electron chi connectivity index (χ0n) is 12.7. The predicted octanol–water partition coefficient (Wildman–Crippen LogP) is 0.275. The maximum absolute atomic E-state index is 13.0. The first kappa shape index (κ1) is 15.2. The molecule has 3 aliphatic heterocycles. The van der Waals surface area contributed by atoms with Crippen LogP contribution < -0.4 is 5.32 Å². The van der Waals surface area contributed by atoms with Crippen LogP contribution in [-0.2, 0) is 9.59 Å². The van der Waals surface area contributed by atoms with Gasteiger partial charge in [0.05, 0.1) is 22.8 Å². The number of hydrazone groups is 1. The van der Waals surface area contributed by atoms with Crippen molar-refractivity contribution in [2.75, 3.05) is 0 Å². The van der Waals surface area contributed by atoms with Crippen molar-refractivity contribution < 1.29 is 19.3 Å². The van der Waals surface area contributed by atoms with E-state index in [0.717, 1.165) is 0 Å². The maximum atomic E-state index is 13.0. The van der Waals surface area contributed by atoms with Gasteiger partial charge < -0.3 is 0 Å². The Labute approximate surface area is 141 Å². The second-order valence-corrected chi connectivity index (χ2v) is 6.04. The van der Waals surface area contributed by atoms with Crippen molar-refractivity contribution in [3.05, 3.63) is 52.1 Å². The van der Waals surface area contributed by atoms with Crippen LogP contribution in [-0.4, -0.2) is 45.8 Å². The number of ketones is 1. The van der Waals surface area contributed by atoms with Crippen molar-refractivity contribution in [2.24, 2.45) is 16.9 Å². The highest BCUT2D eigenvalue weighted by atomic mass is 16.6. The number of benzene rings is 1. The molecule has 0 bridgehead atoms. The van der Waals surface area contributed by atoms with Gasteiger partial charge in [0.1, 0.15) is 6.04 Å². The van der Waals surface area contributed by atoms with Gasteiger partial charge in [-0.05, 0) is 6.08 Å². The van der Waals surface area contributed by atoms with Gasteiger partial charge in [0.2, 0.25) is 11.8 Å². The van der Waals surface area contributed by atoms with E-state index in [0.29, 0.717) is 0 Å². The molecule has 4 rings (SSSR count). The number of Topliss-reactive ketones (excluding diaryl/α,β-unsaturated/α-hetero) is 1. The van der Waals surface area contributed by atoms with Crippen LogP contribution in [0.3, 0.4) is 0 Å². The molecular formula is C16H12N4O5. The minimum absolute atomic E-state index is 0.107. The van der Waals surface area contributed by atoms with Gasteiger partial charge in [-0.15, -0.1) is 0 Å². The van der Waals surface area contributed by atoms with E-state index in [9.17, 15) is 24.5 Å². The molecule has 0 aliphatic carbocycles. The summed E-state index contributed by atoms with van der Waals surface area (Å²) in [6.07, 6.45) is 4.87. The van der Waals surface area contributed by atoms with Crippen LogP contribution in [0.1, 0.15) is 10.4 Å². The fraction of sp³-hybridized carbons (Fsp3) is 0.250. The van der Waals surface area contributed by atoms with Gasteiger partial charge in [0.25, 0.3) is 5.69 Å². The standard InChI is InChI=1S/C16H12N4O5/c21-14(8-3-1-4-9(7-8)20(24)25)13-12-11(15(22)18-16(12)23)10-5-2-6-17-19(10)13/h1-7,10-13H,(H,18,22,23)/t10-,11-,12+,13+/m1/s1. The summed E-state index contributed by atoms with van der Waals surface area (Å²) in [4.78, 5) is 47.7. The molecule has 25 heavy (non-hydrogen) atoms. The molecule has 0 saturated carbocycles. The van der Waals surface area contributed by atoms with E-state index in [1.54, 1.807) is 12.2 Å². The van der Waals surface area contributed by atoms with E-state index in [2.05, 4.69) is 10.4 Å². The Morgan fingerprint density at radius 1 is 1.24 bits per heavy atom. The summed E-state index contributed by atoms with van der Waals surface area (Å²) < 4.78 is 0. The fourth-order valence-electron chi connectivity index (χ4n) is 3.70. The summed E-state index contributed by atoms with van der Waals surface area (Å²) in [6, 6.07) is 3.84. The van der Waals surface area contributed by atoms with Crippen molar-refractivity contribution >= 4 is 29.5 Å². The minimum Gasteiger partial charge on any atom is -0.296 e. The van der Waals surface area contributed by atoms with E-state index in [-0.39, 0.29) is 11.3 Å². The Morgan fingerprint density at radius 2 is 2.00 bits per heavy atom. The van der Waals surface area contributed by atoms with E-state index < -0.39 is 46.4 Å². The van der Waals surface area contributed by atoms with Gasteiger partial charge in [-0.3, -0.25) is 34.8 Å². The molecule has 0 unspecified atom stereocenters. The topological polar surface area (TPSA) is 122 Å². The van der Waals surface area contributed by atoms with Crippen LogP contribution in [0, 0.1) is 22.0 Å². The first-order valence-corrected chi connectivity index (χ1v) is 7.61. The maximum Gasteiger partial charge on any atom is 0.270 e. The van der Waals surface area contributed by atoms with Crippen molar-refractivity contribution in [3.8, 4) is 0 Å². The molecule has 0 radical (unpaired) electrons. The summed E-state index contributed by atoms with van der Waals surface area (Å²) in [5.41, 5.74) is -0.110. The molecule has 0 spiro atoms. The summed E-state index contributed by atoms with van der Waals surface area (Å²) in [5.74, 6) is -2.99. The summed E-state index contributed by atoms with van der Waals surface area (Å²) in [6.45, 7) is 0. The Kier molecular flexibility index (Phi) is 3.24. The normalized spacial score (nSPS) is 29.4. The Balaban J connectivity index is 1.76. The molecule has 1 aromatic rings. The Bertz CT molecular complexity index is 877. The number of nitrogens with one attached hydrogen (secondary N) is 1. The second-order valence-electron chi connectivity index (χ2n) is 6.04. The molecule has 126 valence electrons. The highest BCUT2D eigenvalue weighted by molar-refractivity contribution is 6.12. The van der Waals surface area contributed by atoms with Gasteiger partial charge >= 0.3 is 0 Å². The van der Waals surface area contributed by atoms with E-state index >= 15 is 0 Å². The van der Waals surface area contributed by atoms with Crippen LogP contribution in [0.2, 0.25) is 0 Å². The molecule has 9 nitrogen and oxygen atoms in total. The number of imide groups is 1. The number of rotatable bonds is 3. The van der Waals surface area contributed by atoms with Crippen LogP contribution >= 0.6 is 0 Å². The molecular weight excluding hydrogens is 328 g/mol. The summed E-state index contributed by atoms with van der Waals surface area (Å²) >= 11 is 0. The third-order valence-corrected chi connectivity index (χ3v) is 4.74. The number of carbonyl (C=O) groups is 3. The average molecular weight is 340 g/mol. The lowest BCUT2D eigenvalue weighted by molar-refractivity contribution is -0.384. The zero-order chi connectivity index (χ0) is 17.7. The highest BCUT2D eigenvalue weighted by Crippen LogP contribution is 2.42. The van der Waals surface area contributed by atoms with Gasteiger partial charge in [-0.1, -0.05) is 18.2 Å². The largest absolute Gasteiger partial charge is 0.296 e. The number of amides is 2. The molecule has 1 aromatic carbocycles. The monoisotopic (exact) mass is 340 g/mol. The number of nitro benzene ring substituents is 1. The quantitative estimate of drug-likeness (QED) is 0.365. The number of hydrogen-bond acceptors (Lipinski definition) is 7. The SMILES string of the molecule is O=C1NC(=O)[C@H]2[C@H]1[C@H]1C=CC=NN1[C@@H]2C(=O)c1cccc([N+](=O)[O-])c1. The lowest BCUT2D eigenvalue weighted by atomic mass is 9.86. The molecule has 3 aliphatic rings. The van der Waals surface area contributed by atoms with Gasteiger partial charge in [-0.25, -0.2) is 0 Å². The van der Waals surface area contributed by atoms with Gasteiger partial charge in [0, 0.05) is 23.9 Å². The van der Waals surface area contributed by atoms with Crippen LogP contribution in [0.15, 0.2) is 41.5 Å². The zero-order valence-corrected chi connectivity index (χ0v) is 12.7. The predicted molar refractivity (Wildman–Crippen MR) is 84.6 cm³/mol. The third kappa shape index (κ3) is 2.16. The third-order valence-electron chi connectivity index (χ3n) is 4.74. The number of non-ortho nitro benzene ring substituents is 1. The van der Waals surface area contributed by atoms with Crippen molar-refractivity contribution in [3.63, 3.8) is 0 Å². The van der Waals surface area contributed by atoms with Crippen molar-refractivity contribution in [1.82, 2.24) is 10.3 Å². The number of carbonyl (C=O) groups excluding carboxylic acids is 3. The van der Waals surface area contributed by atoms with E-state index in [1.807, 2.05) is 0 Å². The van der Waals surface area contributed by atoms with E-state index in [4.69, 9.17) is 0 Å². The molecule has 2 fully saturated rings. The van der Waals surface area contributed by atoms with Crippen molar-refractivity contribution in [1.29, 1.82) is 0 Å². The Hall–Kier alpha value is -3.36. The fourth-order valence-corrected chi connectivity index (χ4v) is 3.70. The molecule has 9 heteroatoms. The first-order valence-electron chi connectivity index (χ1n) is 7.61. The van der Waals surface area contributed by atoms with Gasteiger partial charge in [-0.2, -0.15) is 5.10 Å². The summed E-state index contributed by atoms with van der Waals surface area (Å²) in [5, 5.41) is 18.8. The molecule has 2 saturated heterocycles. The molecule has 1 N–H and O–H groups in total. The number of allylic oxidation sites excluding steroid dienone is 1. The smallest absolute Gasteiger partial charge is 0.270 e. The first-order chi connectivity index (χ1) is 12.0. The lowest BCUT2D eigenvalue weighted by Gasteiger charge is -2.28. The van der Waals surface area contributed by atoms with Crippen molar-refractivity contribution in [2.45, 2.75) is 12.1 Å². The van der Waals surface area contributed by atoms with Crippen LogP contribution in [0.5, 0.6) is 0 Å². The number of nitrogens with zero attached hydrogens (tertiary/aromatic N) is 3. The molecule has 2 amide bonds. The minimum atomic E-state index is -0.982. The average Bonchev–Trinajstić information content (AvgIpc) is 3.10. The number of hydrogen-bond donors (Lipinski definition) is 1. The second kappa shape index (κ2) is 5.33. The molecule has 0 aromatic heterocycles. The highest BCUT2D eigenvalue weighted by Gasteiger charge is 2.61. The summed E-state index contributed by atoms with van der Waals surface area (Å²) in [7, 11) is 0. The number of fused-ring (bicyclic) bond motifs is 3. The molecule has 3 heterocycles. The van der Waals surface area contributed by atoms with Gasteiger partial charge in [0.15, 0.2) is 5.78 Å². The van der Waals surface area contributed by atoms with Crippen LogP contribution in [0.4, 0.5) is 5.69 Å². The lowest BCUT2D eigenvalue weighted by Crippen LogP contribution is -2.44.